The molecule has 8 nitrogen and oxygen atoms in total. The maximum atomic E-state index is 12.7. The summed E-state index contributed by atoms with van der Waals surface area (Å²) >= 11 is 6.22. The summed E-state index contributed by atoms with van der Waals surface area (Å²) in [7, 11) is 0. The average molecular weight is 459 g/mol. The van der Waals surface area contributed by atoms with Crippen LogP contribution in [-0.4, -0.2) is 50.4 Å². The fourth-order valence-electron chi connectivity index (χ4n) is 2.68. The van der Waals surface area contributed by atoms with Crippen molar-refractivity contribution in [3.8, 4) is 11.5 Å². The first kappa shape index (κ1) is 22.3. The van der Waals surface area contributed by atoms with E-state index in [-0.39, 0.29) is 33.9 Å². The van der Waals surface area contributed by atoms with Crippen molar-refractivity contribution < 1.29 is 29.3 Å². The lowest BCUT2D eigenvalue weighted by atomic mass is 10.1. The number of ether oxygens (including phenoxy) is 1. The molecule has 2 amide bonds. The standard InChI is InChI=1S/C21H18N2O6S2/c1-2-29-20(28)12-3-6-14(7-4-12)22-18(26)11-23-19(27)17(31-21(23)30)9-13-5-8-15(24)10-16(13)25/h3-10,24-25H,2,11H2,1H3,(H,22,26)/b17-9-. The summed E-state index contributed by atoms with van der Waals surface area (Å²) in [5, 5.41) is 21.9. The number of nitrogens with one attached hydrogen (secondary N) is 1. The van der Waals surface area contributed by atoms with Crippen molar-refractivity contribution in [3.05, 3.63) is 58.5 Å². The number of carbonyl (C=O) groups excluding carboxylic acids is 3. The fraction of sp³-hybridized carbons (Fsp3) is 0.143. The Morgan fingerprint density at radius 1 is 1.19 bits per heavy atom. The van der Waals surface area contributed by atoms with Crippen LogP contribution in [0.5, 0.6) is 11.5 Å². The van der Waals surface area contributed by atoms with Gasteiger partial charge in [0.2, 0.25) is 5.91 Å². The lowest BCUT2D eigenvalue weighted by molar-refractivity contribution is -0.126. The third-order valence-corrected chi connectivity index (χ3v) is 5.53. The highest BCUT2D eigenvalue weighted by atomic mass is 32.2. The fourth-order valence-corrected chi connectivity index (χ4v) is 3.93. The Morgan fingerprint density at radius 2 is 1.90 bits per heavy atom. The van der Waals surface area contributed by atoms with Crippen molar-refractivity contribution in [2.24, 2.45) is 0 Å². The monoisotopic (exact) mass is 458 g/mol. The van der Waals surface area contributed by atoms with Gasteiger partial charge in [0, 0.05) is 17.3 Å². The van der Waals surface area contributed by atoms with Gasteiger partial charge in [0.15, 0.2) is 0 Å². The number of benzene rings is 2. The molecule has 1 fully saturated rings. The summed E-state index contributed by atoms with van der Waals surface area (Å²) in [6.45, 7) is 1.69. The van der Waals surface area contributed by atoms with Crippen LogP contribution in [0.2, 0.25) is 0 Å². The Kier molecular flexibility index (Phi) is 6.93. The third-order valence-electron chi connectivity index (χ3n) is 4.16. The Labute approximate surface area is 187 Å². The summed E-state index contributed by atoms with van der Waals surface area (Å²) in [6.07, 6.45) is 1.44. The van der Waals surface area contributed by atoms with Gasteiger partial charge in [0.25, 0.3) is 5.91 Å². The van der Waals surface area contributed by atoms with Crippen molar-refractivity contribution in [2.75, 3.05) is 18.5 Å². The van der Waals surface area contributed by atoms with E-state index in [9.17, 15) is 24.6 Å². The molecule has 0 saturated carbocycles. The number of hydrogen-bond acceptors (Lipinski definition) is 8. The van der Waals surface area contributed by atoms with Crippen LogP contribution in [-0.2, 0) is 14.3 Å². The molecule has 2 aromatic rings. The zero-order valence-electron chi connectivity index (χ0n) is 16.3. The van der Waals surface area contributed by atoms with E-state index in [4.69, 9.17) is 17.0 Å². The van der Waals surface area contributed by atoms with Gasteiger partial charge in [-0.25, -0.2) is 4.79 Å². The Bertz CT molecular complexity index is 1080. The van der Waals surface area contributed by atoms with Gasteiger partial charge in [-0.05, 0) is 49.4 Å². The summed E-state index contributed by atoms with van der Waals surface area (Å²) in [5.74, 6) is -1.67. The van der Waals surface area contributed by atoms with Crippen molar-refractivity contribution in [1.82, 2.24) is 4.90 Å². The second-order valence-electron chi connectivity index (χ2n) is 6.36. The number of aromatic hydroxyl groups is 2. The SMILES string of the molecule is CCOC(=O)c1ccc(NC(=O)CN2C(=O)/C(=C/c3ccc(O)cc3O)SC2=S)cc1. The van der Waals surface area contributed by atoms with Crippen LogP contribution < -0.4 is 5.32 Å². The molecule has 1 heterocycles. The molecule has 2 aromatic carbocycles. The van der Waals surface area contributed by atoms with E-state index in [1.54, 1.807) is 19.1 Å². The summed E-state index contributed by atoms with van der Waals surface area (Å²) in [6, 6.07) is 10.2. The molecule has 31 heavy (non-hydrogen) atoms. The van der Waals surface area contributed by atoms with Crippen LogP contribution in [0.15, 0.2) is 47.4 Å². The summed E-state index contributed by atoms with van der Waals surface area (Å²) < 4.78 is 5.12. The number of hydrogen-bond donors (Lipinski definition) is 3. The normalized spacial score (nSPS) is 14.7. The van der Waals surface area contributed by atoms with E-state index in [0.717, 1.165) is 22.7 Å². The molecule has 1 aliphatic rings. The highest BCUT2D eigenvalue weighted by molar-refractivity contribution is 8.26. The molecule has 0 atom stereocenters. The van der Waals surface area contributed by atoms with Gasteiger partial charge in [0.05, 0.1) is 17.1 Å². The number of amides is 2. The molecule has 10 heteroatoms. The summed E-state index contributed by atoms with van der Waals surface area (Å²) in [4.78, 5) is 38.1. The molecule has 3 N–H and O–H groups in total. The van der Waals surface area contributed by atoms with Crippen LogP contribution in [0.3, 0.4) is 0 Å². The number of phenolic OH excluding ortho intramolecular Hbond substituents is 2. The molecule has 3 rings (SSSR count). The van der Waals surface area contributed by atoms with Gasteiger partial charge in [-0.3, -0.25) is 14.5 Å². The maximum absolute atomic E-state index is 12.7. The van der Waals surface area contributed by atoms with Crippen molar-refractivity contribution in [1.29, 1.82) is 0 Å². The topological polar surface area (TPSA) is 116 Å². The smallest absolute Gasteiger partial charge is 0.338 e. The Morgan fingerprint density at radius 3 is 2.55 bits per heavy atom. The molecule has 0 aromatic heterocycles. The molecular weight excluding hydrogens is 440 g/mol. The number of thioether (sulfide) groups is 1. The molecule has 0 unspecified atom stereocenters. The Hall–Kier alpha value is -3.37. The van der Waals surface area contributed by atoms with E-state index >= 15 is 0 Å². The number of esters is 1. The van der Waals surface area contributed by atoms with Gasteiger partial charge < -0.3 is 20.3 Å². The molecule has 1 saturated heterocycles. The van der Waals surface area contributed by atoms with Crippen LogP contribution in [0.1, 0.15) is 22.8 Å². The van der Waals surface area contributed by atoms with Crippen molar-refractivity contribution in [2.45, 2.75) is 6.92 Å². The van der Waals surface area contributed by atoms with Crippen LogP contribution in [0.4, 0.5) is 5.69 Å². The highest BCUT2D eigenvalue weighted by Gasteiger charge is 2.33. The first-order valence-electron chi connectivity index (χ1n) is 9.13. The lowest BCUT2D eigenvalue weighted by Gasteiger charge is -2.14. The van der Waals surface area contributed by atoms with E-state index in [2.05, 4.69) is 5.32 Å². The number of rotatable bonds is 6. The molecule has 0 bridgehead atoms. The first-order valence-corrected chi connectivity index (χ1v) is 10.4. The van der Waals surface area contributed by atoms with Gasteiger partial charge in [-0.15, -0.1) is 0 Å². The minimum absolute atomic E-state index is 0.103. The van der Waals surface area contributed by atoms with E-state index < -0.39 is 17.8 Å². The predicted molar refractivity (Wildman–Crippen MR) is 121 cm³/mol. The number of thiocarbonyl (C=S) groups is 1. The average Bonchev–Trinajstić information content (AvgIpc) is 2.98. The quantitative estimate of drug-likeness (QED) is 0.344. The van der Waals surface area contributed by atoms with E-state index in [0.29, 0.717) is 16.8 Å². The van der Waals surface area contributed by atoms with E-state index in [1.807, 2.05) is 0 Å². The molecular formula is C21H18N2O6S2. The minimum Gasteiger partial charge on any atom is -0.508 e. The van der Waals surface area contributed by atoms with Gasteiger partial charge in [-0.1, -0.05) is 24.0 Å². The molecule has 0 aliphatic carbocycles. The van der Waals surface area contributed by atoms with Gasteiger partial charge in [0.1, 0.15) is 22.4 Å². The first-order chi connectivity index (χ1) is 14.8. The predicted octanol–water partition coefficient (Wildman–Crippen LogP) is 3.11. The second kappa shape index (κ2) is 9.63. The van der Waals surface area contributed by atoms with Crippen LogP contribution >= 0.6 is 24.0 Å². The van der Waals surface area contributed by atoms with Crippen LogP contribution in [0.25, 0.3) is 6.08 Å². The number of nitrogens with zero attached hydrogens (tertiary/aromatic N) is 1. The van der Waals surface area contributed by atoms with E-state index in [1.165, 1.54) is 30.3 Å². The number of carbonyl (C=O) groups is 3. The highest BCUT2D eigenvalue weighted by Crippen LogP contribution is 2.34. The number of anilines is 1. The van der Waals surface area contributed by atoms with Crippen molar-refractivity contribution in [3.63, 3.8) is 0 Å². The number of phenols is 2. The molecule has 0 spiro atoms. The Balaban J connectivity index is 1.65. The molecule has 0 radical (unpaired) electrons. The van der Waals surface area contributed by atoms with Crippen molar-refractivity contribution >= 4 is 57.8 Å². The van der Waals surface area contributed by atoms with Gasteiger partial charge >= 0.3 is 5.97 Å². The largest absolute Gasteiger partial charge is 0.508 e. The zero-order valence-corrected chi connectivity index (χ0v) is 18.0. The molecule has 1 aliphatic heterocycles. The molecule has 160 valence electrons. The summed E-state index contributed by atoms with van der Waals surface area (Å²) in [5.41, 5.74) is 1.15. The lowest BCUT2D eigenvalue weighted by Crippen LogP contribution is -2.36. The van der Waals surface area contributed by atoms with Gasteiger partial charge in [-0.2, -0.15) is 0 Å². The van der Waals surface area contributed by atoms with Crippen LogP contribution in [0, 0.1) is 0 Å². The maximum Gasteiger partial charge on any atom is 0.338 e. The zero-order chi connectivity index (χ0) is 22.5. The minimum atomic E-state index is -0.464. The third kappa shape index (κ3) is 5.41. The second-order valence-corrected chi connectivity index (χ2v) is 8.03.